The van der Waals surface area contributed by atoms with E-state index in [9.17, 15) is 9.59 Å². The van der Waals surface area contributed by atoms with Gasteiger partial charge in [0.2, 0.25) is 5.91 Å². The molecule has 1 atom stereocenters. The molecule has 3 aromatic rings. The molecule has 3 N–H and O–H groups in total. The second-order valence-corrected chi connectivity index (χ2v) is 7.87. The number of nitrogen functional groups attached to an aromatic ring is 1. The van der Waals surface area contributed by atoms with Crippen LogP contribution in [0.4, 0.5) is 11.6 Å². The topological polar surface area (TPSA) is 110 Å². The molecule has 2 aromatic carbocycles. The fourth-order valence-corrected chi connectivity index (χ4v) is 3.99. The van der Waals surface area contributed by atoms with Gasteiger partial charge in [0, 0.05) is 31.1 Å². The Balaban J connectivity index is 1.49. The summed E-state index contributed by atoms with van der Waals surface area (Å²) in [6.07, 6.45) is 3.68. The van der Waals surface area contributed by atoms with Gasteiger partial charge in [0.05, 0.1) is 0 Å². The standard InChI is InChI=1S/C25H27N5O3/c1-2-21(31)30-14-6-7-18(30)15-27-25-22(24(26)28-16-29-25)23(32)17-10-12-20(13-11-17)33-19-8-4-3-5-9-19/h3-5,8-13,16,18H,2,6-7,14-15H2,1H3,(H3,26,27,28,29)/t18-/m0/s1. The number of nitrogens with zero attached hydrogens (tertiary/aromatic N) is 3. The Labute approximate surface area is 192 Å². The number of likely N-dealkylation sites (tertiary alicyclic amines) is 1. The van der Waals surface area contributed by atoms with Gasteiger partial charge in [-0.15, -0.1) is 0 Å². The summed E-state index contributed by atoms with van der Waals surface area (Å²) < 4.78 is 5.80. The van der Waals surface area contributed by atoms with Crippen LogP contribution in [0, 0.1) is 0 Å². The van der Waals surface area contributed by atoms with Crippen LogP contribution in [0.2, 0.25) is 0 Å². The number of nitrogens with one attached hydrogen (secondary N) is 1. The number of carbonyl (C=O) groups excluding carboxylic acids is 2. The van der Waals surface area contributed by atoms with Crippen LogP contribution in [0.1, 0.15) is 42.1 Å². The normalized spacial score (nSPS) is 15.3. The maximum Gasteiger partial charge on any atom is 0.222 e. The summed E-state index contributed by atoms with van der Waals surface area (Å²) >= 11 is 0. The zero-order valence-electron chi connectivity index (χ0n) is 18.5. The van der Waals surface area contributed by atoms with Crippen LogP contribution in [-0.2, 0) is 4.79 Å². The number of benzene rings is 2. The van der Waals surface area contributed by atoms with Crippen LogP contribution in [0.3, 0.4) is 0 Å². The van der Waals surface area contributed by atoms with Crippen molar-refractivity contribution in [2.24, 2.45) is 0 Å². The molecule has 1 aliphatic rings. The number of carbonyl (C=O) groups is 2. The molecule has 2 heterocycles. The van der Waals surface area contributed by atoms with Crippen molar-refractivity contribution in [2.45, 2.75) is 32.2 Å². The lowest BCUT2D eigenvalue weighted by Crippen LogP contribution is -2.39. The van der Waals surface area contributed by atoms with Crippen LogP contribution in [0.15, 0.2) is 60.9 Å². The molecule has 0 unspecified atom stereocenters. The zero-order chi connectivity index (χ0) is 23.2. The number of rotatable bonds is 8. The monoisotopic (exact) mass is 445 g/mol. The highest BCUT2D eigenvalue weighted by Gasteiger charge is 2.28. The second kappa shape index (κ2) is 10.1. The number of aromatic nitrogens is 2. The fraction of sp³-hybridized carbons (Fsp3) is 0.280. The smallest absolute Gasteiger partial charge is 0.222 e. The van der Waals surface area contributed by atoms with E-state index in [-0.39, 0.29) is 29.1 Å². The molecular formula is C25H27N5O3. The second-order valence-electron chi connectivity index (χ2n) is 7.87. The molecule has 8 heteroatoms. The maximum atomic E-state index is 13.3. The maximum absolute atomic E-state index is 13.3. The van der Waals surface area contributed by atoms with Crippen LogP contribution < -0.4 is 15.8 Å². The Morgan fingerprint density at radius 2 is 1.82 bits per heavy atom. The molecule has 8 nitrogen and oxygen atoms in total. The van der Waals surface area contributed by atoms with Crippen molar-refractivity contribution in [3.05, 3.63) is 72.1 Å². The van der Waals surface area contributed by atoms with E-state index in [1.54, 1.807) is 24.3 Å². The number of amides is 1. The molecule has 0 bridgehead atoms. The molecule has 0 radical (unpaired) electrons. The molecule has 1 aliphatic heterocycles. The lowest BCUT2D eigenvalue weighted by atomic mass is 10.0. The van der Waals surface area contributed by atoms with Gasteiger partial charge < -0.3 is 20.7 Å². The Kier molecular flexibility index (Phi) is 6.83. The molecule has 1 fully saturated rings. The summed E-state index contributed by atoms with van der Waals surface area (Å²) in [7, 11) is 0. The summed E-state index contributed by atoms with van der Waals surface area (Å²) in [6.45, 7) is 3.11. The van der Waals surface area contributed by atoms with Crippen molar-refractivity contribution in [2.75, 3.05) is 24.1 Å². The number of hydrogen-bond donors (Lipinski definition) is 2. The average molecular weight is 446 g/mol. The first kappa shape index (κ1) is 22.3. The number of nitrogens with two attached hydrogens (primary N) is 1. The Hall–Kier alpha value is -3.94. The van der Waals surface area contributed by atoms with Crippen molar-refractivity contribution < 1.29 is 14.3 Å². The van der Waals surface area contributed by atoms with E-state index in [1.807, 2.05) is 42.2 Å². The van der Waals surface area contributed by atoms with Crippen molar-refractivity contribution in [1.82, 2.24) is 14.9 Å². The Bertz CT molecular complexity index is 1120. The van der Waals surface area contributed by atoms with E-state index in [1.165, 1.54) is 6.33 Å². The Morgan fingerprint density at radius 3 is 2.55 bits per heavy atom. The highest BCUT2D eigenvalue weighted by Crippen LogP contribution is 2.26. The van der Waals surface area contributed by atoms with Gasteiger partial charge in [-0.25, -0.2) is 9.97 Å². The summed E-state index contributed by atoms with van der Waals surface area (Å²) in [4.78, 5) is 35.6. The third kappa shape index (κ3) is 5.11. The molecule has 1 aromatic heterocycles. The van der Waals surface area contributed by atoms with E-state index in [0.717, 1.165) is 19.4 Å². The van der Waals surface area contributed by atoms with Gasteiger partial charge in [-0.2, -0.15) is 0 Å². The van der Waals surface area contributed by atoms with Gasteiger partial charge in [-0.1, -0.05) is 25.1 Å². The van der Waals surface area contributed by atoms with E-state index < -0.39 is 0 Å². The fourth-order valence-electron chi connectivity index (χ4n) is 3.99. The lowest BCUT2D eigenvalue weighted by molar-refractivity contribution is -0.131. The predicted octanol–water partition coefficient (Wildman–Crippen LogP) is 3.90. The van der Waals surface area contributed by atoms with Gasteiger partial charge in [0.1, 0.15) is 35.0 Å². The predicted molar refractivity (Wildman–Crippen MR) is 126 cm³/mol. The molecule has 4 rings (SSSR count). The molecule has 0 saturated carbocycles. The minimum Gasteiger partial charge on any atom is -0.457 e. The highest BCUT2D eigenvalue weighted by molar-refractivity contribution is 6.14. The third-order valence-corrected chi connectivity index (χ3v) is 5.70. The Morgan fingerprint density at radius 1 is 1.09 bits per heavy atom. The van der Waals surface area contributed by atoms with Crippen LogP contribution >= 0.6 is 0 Å². The lowest BCUT2D eigenvalue weighted by Gasteiger charge is -2.25. The molecule has 0 aliphatic carbocycles. The van der Waals surface area contributed by atoms with Gasteiger partial charge in [0.15, 0.2) is 5.78 Å². The first-order valence-corrected chi connectivity index (χ1v) is 11.1. The van der Waals surface area contributed by atoms with E-state index in [0.29, 0.717) is 35.8 Å². The quantitative estimate of drug-likeness (QED) is 0.506. The third-order valence-electron chi connectivity index (χ3n) is 5.70. The van der Waals surface area contributed by atoms with Gasteiger partial charge >= 0.3 is 0 Å². The summed E-state index contributed by atoms with van der Waals surface area (Å²) in [5.74, 6) is 1.66. The first-order valence-electron chi connectivity index (χ1n) is 11.1. The molecule has 1 saturated heterocycles. The zero-order valence-corrected chi connectivity index (χ0v) is 18.5. The minimum absolute atomic E-state index is 0.0611. The van der Waals surface area contributed by atoms with Gasteiger partial charge in [-0.05, 0) is 49.2 Å². The molecular weight excluding hydrogens is 418 g/mol. The largest absolute Gasteiger partial charge is 0.457 e. The van der Waals surface area contributed by atoms with Crippen molar-refractivity contribution in [3.63, 3.8) is 0 Å². The number of hydrogen-bond acceptors (Lipinski definition) is 7. The summed E-state index contributed by atoms with van der Waals surface area (Å²) in [5, 5.41) is 3.23. The van der Waals surface area contributed by atoms with Crippen molar-refractivity contribution in [1.29, 1.82) is 0 Å². The average Bonchev–Trinajstić information content (AvgIpc) is 3.32. The molecule has 170 valence electrons. The van der Waals surface area contributed by atoms with E-state index in [4.69, 9.17) is 10.5 Å². The number of para-hydroxylation sites is 1. The van der Waals surface area contributed by atoms with E-state index >= 15 is 0 Å². The number of ketones is 1. The minimum atomic E-state index is -0.283. The van der Waals surface area contributed by atoms with Gasteiger partial charge in [-0.3, -0.25) is 9.59 Å². The van der Waals surface area contributed by atoms with Crippen molar-refractivity contribution in [3.8, 4) is 11.5 Å². The molecule has 33 heavy (non-hydrogen) atoms. The summed E-state index contributed by atoms with van der Waals surface area (Å²) in [6, 6.07) is 16.3. The van der Waals surface area contributed by atoms with Crippen LogP contribution in [0.25, 0.3) is 0 Å². The van der Waals surface area contributed by atoms with Crippen LogP contribution in [0.5, 0.6) is 11.5 Å². The first-order chi connectivity index (χ1) is 16.1. The highest BCUT2D eigenvalue weighted by atomic mass is 16.5. The molecule has 1 amide bonds. The summed E-state index contributed by atoms with van der Waals surface area (Å²) in [5.41, 5.74) is 6.74. The van der Waals surface area contributed by atoms with Gasteiger partial charge in [0.25, 0.3) is 0 Å². The van der Waals surface area contributed by atoms with E-state index in [2.05, 4.69) is 15.3 Å². The SMILES string of the molecule is CCC(=O)N1CCC[C@H]1CNc1ncnc(N)c1C(=O)c1ccc(Oc2ccccc2)cc1. The number of anilines is 2. The molecule has 0 spiro atoms. The van der Waals surface area contributed by atoms with Crippen LogP contribution in [-0.4, -0.2) is 45.7 Å². The number of ether oxygens (including phenoxy) is 1. The van der Waals surface area contributed by atoms with Crippen molar-refractivity contribution >= 4 is 23.3 Å².